The zero-order valence-electron chi connectivity index (χ0n) is 15.4. The Kier molecular flexibility index (Phi) is 6.67. The van der Waals surface area contributed by atoms with Gasteiger partial charge >= 0.3 is 5.97 Å². The number of nitrogens with zero attached hydrogens (tertiary/aromatic N) is 1. The van der Waals surface area contributed by atoms with E-state index in [4.69, 9.17) is 39.5 Å². The molecule has 0 radical (unpaired) electrons. The number of aryl methyl sites for hydroxylation is 1. The number of halogens is 3. The van der Waals surface area contributed by atoms with Gasteiger partial charge in [0.15, 0.2) is 6.61 Å². The van der Waals surface area contributed by atoms with E-state index in [2.05, 4.69) is 5.32 Å². The van der Waals surface area contributed by atoms with Crippen LogP contribution in [0, 0.1) is 12.8 Å². The van der Waals surface area contributed by atoms with Crippen LogP contribution < -0.4 is 10.2 Å². The number of hydrogen-bond acceptors (Lipinski definition) is 4. The molecule has 2 amide bonds. The van der Waals surface area contributed by atoms with Gasteiger partial charge in [-0.1, -0.05) is 46.9 Å². The lowest BCUT2D eigenvalue weighted by atomic mass is 10.1. The van der Waals surface area contributed by atoms with Gasteiger partial charge in [0, 0.05) is 23.7 Å². The summed E-state index contributed by atoms with van der Waals surface area (Å²) in [6.07, 6.45) is -0.0311. The van der Waals surface area contributed by atoms with E-state index in [1.54, 1.807) is 36.4 Å². The largest absolute Gasteiger partial charge is 0.455 e. The minimum atomic E-state index is -0.696. The fraction of sp³-hybridized carbons (Fsp3) is 0.250. The van der Waals surface area contributed by atoms with Crippen molar-refractivity contribution in [2.75, 3.05) is 23.4 Å². The van der Waals surface area contributed by atoms with Crippen LogP contribution in [0.2, 0.25) is 15.1 Å². The highest BCUT2D eigenvalue weighted by Crippen LogP contribution is 2.35. The van der Waals surface area contributed by atoms with Crippen LogP contribution in [0.5, 0.6) is 0 Å². The van der Waals surface area contributed by atoms with Gasteiger partial charge in [0.2, 0.25) is 5.91 Å². The highest BCUT2D eigenvalue weighted by molar-refractivity contribution is 6.44. The third kappa shape index (κ3) is 5.01. The van der Waals surface area contributed by atoms with Crippen LogP contribution in [-0.2, 0) is 19.1 Å². The summed E-state index contributed by atoms with van der Waals surface area (Å²) in [5.74, 6) is -2.09. The predicted octanol–water partition coefficient (Wildman–Crippen LogP) is 4.49. The number of ether oxygens (including phenoxy) is 1. The standard InChI is InChI=1S/C20H17Cl3N2O4/c1-11-5-6-13(21)8-15(11)24-17(26)10-29-20(28)12-7-18(27)25(9-12)16-4-2-3-14(22)19(16)23/h2-6,8,12H,7,9-10H2,1H3,(H,24,26)/t12-/m1/s1. The Hall–Kier alpha value is -2.28. The first-order valence-electron chi connectivity index (χ1n) is 8.73. The van der Waals surface area contributed by atoms with Crippen molar-refractivity contribution in [1.29, 1.82) is 0 Å². The second kappa shape index (κ2) is 9.03. The van der Waals surface area contributed by atoms with E-state index in [-0.39, 0.29) is 23.9 Å². The quantitative estimate of drug-likeness (QED) is 0.674. The number of nitrogens with one attached hydrogen (secondary N) is 1. The zero-order chi connectivity index (χ0) is 21.1. The highest BCUT2D eigenvalue weighted by Gasteiger charge is 2.37. The van der Waals surface area contributed by atoms with E-state index in [1.807, 2.05) is 6.92 Å². The van der Waals surface area contributed by atoms with Crippen molar-refractivity contribution in [3.05, 3.63) is 57.0 Å². The molecule has 1 fully saturated rings. The molecule has 2 aromatic rings. The summed E-state index contributed by atoms with van der Waals surface area (Å²) in [6.45, 7) is 1.46. The van der Waals surface area contributed by atoms with E-state index >= 15 is 0 Å². The van der Waals surface area contributed by atoms with Crippen molar-refractivity contribution in [2.45, 2.75) is 13.3 Å². The van der Waals surface area contributed by atoms with Crippen LogP contribution in [0.3, 0.4) is 0 Å². The average Bonchev–Trinajstić information content (AvgIpc) is 3.06. The van der Waals surface area contributed by atoms with E-state index in [9.17, 15) is 14.4 Å². The van der Waals surface area contributed by atoms with Gasteiger partial charge in [-0.3, -0.25) is 14.4 Å². The molecule has 0 aliphatic carbocycles. The molecule has 1 heterocycles. The molecule has 0 unspecified atom stereocenters. The molecular formula is C20H17Cl3N2O4. The van der Waals surface area contributed by atoms with Gasteiger partial charge in [0.1, 0.15) is 0 Å². The third-order valence-electron chi connectivity index (χ3n) is 4.50. The third-order valence-corrected chi connectivity index (χ3v) is 5.54. The monoisotopic (exact) mass is 454 g/mol. The van der Waals surface area contributed by atoms with Gasteiger partial charge in [-0.05, 0) is 36.8 Å². The molecule has 0 aromatic heterocycles. The number of carbonyl (C=O) groups is 3. The number of anilines is 2. The molecule has 0 saturated carbocycles. The molecule has 0 spiro atoms. The van der Waals surface area contributed by atoms with E-state index < -0.39 is 24.4 Å². The first-order chi connectivity index (χ1) is 13.8. The number of esters is 1. The second-order valence-corrected chi connectivity index (χ2v) is 7.82. The Morgan fingerprint density at radius 3 is 2.72 bits per heavy atom. The number of carbonyl (C=O) groups excluding carboxylic acids is 3. The average molecular weight is 456 g/mol. The molecule has 1 atom stereocenters. The van der Waals surface area contributed by atoms with Crippen LogP contribution in [0.15, 0.2) is 36.4 Å². The molecule has 1 aliphatic heterocycles. The summed E-state index contributed by atoms with van der Waals surface area (Å²) >= 11 is 18.1. The van der Waals surface area contributed by atoms with E-state index in [0.717, 1.165) is 5.56 Å². The summed E-state index contributed by atoms with van der Waals surface area (Å²) < 4.78 is 5.09. The smallest absolute Gasteiger partial charge is 0.311 e. The number of hydrogen-bond donors (Lipinski definition) is 1. The summed E-state index contributed by atoms with van der Waals surface area (Å²) in [5, 5.41) is 3.68. The van der Waals surface area contributed by atoms with Crippen molar-refractivity contribution in [3.8, 4) is 0 Å². The van der Waals surface area contributed by atoms with Crippen molar-refractivity contribution < 1.29 is 19.1 Å². The minimum Gasteiger partial charge on any atom is -0.455 e. The molecule has 1 N–H and O–H groups in total. The number of rotatable bonds is 5. The summed E-state index contributed by atoms with van der Waals surface area (Å²) in [6, 6.07) is 10.0. The summed E-state index contributed by atoms with van der Waals surface area (Å²) in [4.78, 5) is 38.1. The number of benzene rings is 2. The maximum absolute atomic E-state index is 12.3. The van der Waals surface area contributed by atoms with Crippen molar-refractivity contribution in [1.82, 2.24) is 0 Å². The van der Waals surface area contributed by atoms with Gasteiger partial charge in [0.25, 0.3) is 5.91 Å². The number of amides is 2. The summed E-state index contributed by atoms with van der Waals surface area (Å²) in [7, 11) is 0. The van der Waals surface area contributed by atoms with E-state index in [0.29, 0.717) is 21.4 Å². The maximum atomic E-state index is 12.3. The fourth-order valence-corrected chi connectivity index (χ4v) is 3.54. The molecule has 152 valence electrons. The zero-order valence-corrected chi connectivity index (χ0v) is 17.6. The Morgan fingerprint density at radius 1 is 1.21 bits per heavy atom. The Balaban J connectivity index is 1.57. The lowest BCUT2D eigenvalue weighted by Gasteiger charge is -2.18. The van der Waals surface area contributed by atoms with Crippen molar-refractivity contribution in [2.24, 2.45) is 5.92 Å². The Labute approximate surface area is 182 Å². The van der Waals surface area contributed by atoms with Crippen molar-refractivity contribution >= 4 is 64.0 Å². The Morgan fingerprint density at radius 2 is 1.97 bits per heavy atom. The van der Waals surface area contributed by atoms with Gasteiger partial charge in [-0.25, -0.2) is 0 Å². The van der Waals surface area contributed by atoms with Gasteiger partial charge in [-0.2, -0.15) is 0 Å². The van der Waals surface area contributed by atoms with Crippen molar-refractivity contribution in [3.63, 3.8) is 0 Å². The molecule has 0 bridgehead atoms. The fourth-order valence-electron chi connectivity index (χ4n) is 2.97. The normalized spacial score (nSPS) is 16.1. The first-order valence-corrected chi connectivity index (χ1v) is 9.86. The van der Waals surface area contributed by atoms with Crippen LogP contribution >= 0.6 is 34.8 Å². The van der Waals surface area contributed by atoms with Gasteiger partial charge in [-0.15, -0.1) is 0 Å². The molecule has 2 aromatic carbocycles. The van der Waals surface area contributed by atoms with Gasteiger partial charge < -0.3 is 15.0 Å². The topological polar surface area (TPSA) is 75.7 Å². The van der Waals surface area contributed by atoms with Crippen LogP contribution in [0.4, 0.5) is 11.4 Å². The maximum Gasteiger partial charge on any atom is 0.311 e. The Bertz CT molecular complexity index is 980. The lowest BCUT2D eigenvalue weighted by molar-refractivity contribution is -0.151. The molecule has 6 nitrogen and oxygen atoms in total. The summed E-state index contributed by atoms with van der Waals surface area (Å²) in [5.41, 5.74) is 1.80. The second-order valence-electron chi connectivity index (χ2n) is 6.59. The molecule has 1 saturated heterocycles. The molecule has 1 aliphatic rings. The molecule has 9 heteroatoms. The molecule has 3 rings (SSSR count). The lowest BCUT2D eigenvalue weighted by Crippen LogP contribution is -2.28. The van der Waals surface area contributed by atoms with E-state index in [1.165, 1.54) is 4.90 Å². The first kappa shape index (κ1) is 21.4. The minimum absolute atomic E-state index is 0.0311. The molecule has 29 heavy (non-hydrogen) atoms. The van der Waals surface area contributed by atoms with Crippen LogP contribution in [0.1, 0.15) is 12.0 Å². The SMILES string of the molecule is Cc1ccc(Cl)cc1NC(=O)COC(=O)[C@@H]1CC(=O)N(c2cccc(Cl)c2Cl)C1. The van der Waals surface area contributed by atoms with Crippen LogP contribution in [-0.4, -0.2) is 30.9 Å². The molecular weight excluding hydrogens is 439 g/mol. The predicted molar refractivity (Wildman–Crippen MR) is 113 cm³/mol. The van der Waals surface area contributed by atoms with Crippen LogP contribution in [0.25, 0.3) is 0 Å². The van der Waals surface area contributed by atoms with Gasteiger partial charge in [0.05, 0.1) is 21.7 Å². The highest BCUT2D eigenvalue weighted by atomic mass is 35.5.